The molecule has 0 aliphatic heterocycles. The van der Waals surface area contributed by atoms with E-state index in [4.69, 9.17) is 0 Å². The van der Waals surface area contributed by atoms with Crippen LogP contribution in [-0.4, -0.2) is 23.9 Å². The summed E-state index contributed by atoms with van der Waals surface area (Å²) in [4.78, 5) is 22.2. The Kier molecular flexibility index (Phi) is 5.73. The Bertz CT molecular complexity index is 417. The number of nitrogens with one attached hydrogen (secondary N) is 2. The lowest BCUT2D eigenvalue weighted by Gasteiger charge is -2.07. The minimum atomic E-state index is -0.392. The van der Waals surface area contributed by atoms with Gasteiger partial charge in [-0.1, -0.05) is 25.2 Å². The molecule has 0 aromatic carbocycles. The molecule has 1 rings (SSSR count). The van der Waals surface area contributed by atoms with Gasteiger partial charge < -0.3 is 10.6 Å². The summed E-state index contributed by atoms with van der Waals surface area (Å²) in [6.07, 6.45) is 0. The molecule has 1 aromatic heterocycles. The molecule has 0 saturated heterocycles. The highest BCUT2D eigenvalue weighted by Gasteiger charge is 2.09. The van der Waals surface area contributed by atoms with Crippen LogP contribution in [0.1, 0.15) is 18.7 Å². The largest absolute Gasteiger partial charge is 0.355 e. The van der Waals surface area contributed by atoms with Crippen molar-refractivity contribution in [1.29, 1.82) is 0 Å². The molecule has 0 aliphatic carbocycles. The van der Waals surface area contributed by atoms with Crippen LogP contribution in [0.25, 0.3) is 0 Å². The fraction of sp³-hybridized carbons (Fsp3) is 0.545. The lowest BCUT2D eigenvalue weighted by atomic mass is 10.2. The first-order valence-electron chi connectivity index (χ1n) is 5.72. The van der Waals surface area contributed by atoms with Crippen molar-refractivity contribution in [3.05, 3.63) is 27.1 Å². The summed E-state index contributed by atoms with van der Waals surface area (Å²) < 4.78 is 0. The lowest BCUT2D eigenvalue weighted by molar-refractivity contribution is -0.380. The third-order valence-corrected chi connectivity index (χ3v) is 3.29. The van der Waals surface area contributed by atoms with E-state index in [1.807, 2.05) is 13.8 Å². The molecule has 0 radical (unpaired) electrons. The molecule has 6 nitrogen and oxygen atoms in total. The SMILES string of the molecule is CC(C)C(=O)NCCNCc1ccc([N+](=O)[O-])s1. The molecule has 1 aromatic rings. The van der Waals surface area contributed by atoms with Crippen LogP contribution in [0.15, 0.2) is 12.1 Å². The molecule has 2 N–H and O–H groups in total. The summed E-state index contributed by atoms with van der Waals surface area (Å²) in [6, 6.07) is 3.24. The molecular weight excluding hydrogens is 254 g/mol. The van der Waals surface area contributed by atoms with Gasteiger partial charge in [-0.05, 0) is 6.07 Å². The Balaban J connectivity index is 2.18. The Labute approximate surface area is 110 Å². The second-order valence-corrected chi connectivity index (χ2v) is 5.27. The zero-order valence-corrected chi connectivity index (χ0v) is 11.3. The number of hydrogen-bond acceptors (Lipinski definition) is 5. The molecule has 0 aliphatic rings. The molecule has 100 valence electrons. The second kappa shape index (κ2) is 7.07. The Morgan fingerprint density at radius 2 is 2.17 bits per heavy atom. The first-order chi connectivity index (χ1) is 8.50. The van der Waals surface area contributed by atoms with Crippen molar-refractivity contribution in [2.24, 2.45) is 5.92 Å². The molecule has 7 heteroatoms. The van der Waals surface area contributed by atoms with E-state index >= 15 is 0 Å². The third-order valence-electron chi connectivity index (χ3n) is 2.25. The summed E-state index contributed by atoms with van der Waals surface area (Å²) in [7, 11) is 0. The molecule has 0 fully saturated rings. The monoisotopic (exact) mass is 271 g/mol. The van der Waals surface area contributed by atoms with E-state index in [0.29, 0.717) is 19.6 Å². The number of carbonyl (C=O) groups excluding carboxylic acids is 1. The maximum atomic E-state index is 11.2. The van der Waals surface area contributed by atoms with Gasteiger partial charge in [0, 0.05) is 36.5 Å². The van der Waals surface area contributed by atoms with Gasteiger partial charge in [0.25, 0.3) is 0 Å². The summed E-state index contributed by atoms with van der Waals surface area (Å²) in [6.45, 7) is 5.46. The van der Waals surface area contributed by atoms with Gasteiger partial charge in [-0.25, -0.2) is 0 Å². The average molecular weight is 271 g/mol. The van der Waals surface area contributed by atoms with Crippen molar-refractivity contribution in [3.63, 3.8) is 0 Å². The zero-order chi connectivity index (χ0) is 13.5. The summed E-state index contributed by atoms with van der Waals surface area (Å²) in [5.41, 5.74) is 0. The van der Waals surface area contributed by atoms with Crippen LogP contribution >= 0.6 is 11.3 Å². The number of carbonyl (C=O) groups is 1. The van der Waals surface area contributed by atoms with Crippen molar-refractivity contribution >= 4 is 22.2 Å². The number of nitrogens with zero attached hydrogens (tertiary/aromatic N) is 1. The maximum Gasteiger partial charge on any atom is 0.324 e. The van der Waals surface area contributed by atoms with Gasteiger partial charge in [0.2, 0.25) is 5.91 Å². The van der Waals surface area contributed by atoms with Crippen LogP contribution in [0.4, 0.5) is 5.00 Å². The van der Waals surface area contributed by atoms with Crippen molar-refractivity contribution in [2.45, 2.75) is 20.4 Å². The van der Waals surface area contributed by atoms with E-state index in [-0.39, 0.29) is 16.8 Å². The maximum absolute atomic E-state index is 11.2. The minimum Gasteiger partial charge on any atom is -0.355 e. The molecule has 18 heavy (non-hydrogen) atoms. The Hall–Kier alpha value is -1.47. The van der Waals surface area contributed by atoms with Crippen LogP contribution in [-0.2, 0) is 11.3 Å². The predicted molar refractivity (Wildman–Crippen MR) is 70.5 cm³/mol. The minimum absolute atomic E-state index is 0.00931. The Morgan fingerprint density at radius 3 is 2.72 bits per heavy atom. The predicted octanol–water partition coefficient (Wildman–Crippen LogP) is 1.52. The molecule has 0 bridgehead atoms. The van der Waals surface area contributed by atoms with Gasteiger partial charge >= 0.3 is 5.00 Å². The fourth-order valence-electron chi connectivity index (χ4n) is 1.25. The molecule has 0 spiro atoms. The quantitative estimate of drug-likeness (QED) is 0.447. The van der Waals surface area contributed by atoms with E-state index in [0.717, 1.165) is 16.2 Å². The van der Waals surface area contributed by atoms with Crippen LogP contribution in [0.3, 0.4) is 0 Å². The molecule has 1 heterocycles. The number of amides is 1. The van der Waals surface area contributed by atoms with Crippen molar-refractivity contribution in [3.8, 4) is 0 Å². The van der Waals surface area contributed by atoms with E-state index in [9.17, 15) is 14.9 Å². The highest BCUT2D eigenvalue weighted by atomic mass is 32.1. The van der Waals surface area contributed by atoms with Gasteiger partial charge in [-0.15, -0.1) is 0 Å². The summed E-state index contributed by atoms with van der Waals surface area (Å²) in [5, 5.41) is 16.5. The number of nitro groups is 1. The highest BCUT2D eigenvalue weighted by molar-refractivity contribution is 7.15. The Morgan fingerprint density at radius 1 is 1.44 bits per heavy atom. The van der Waals surface area contributed by atoms with Crippen molar-refractivity contribution in [2.75, 3.05) is 13.1 Å². The van der Waals surface area contributed by atoms with Crippen LogP contribution in [0.2, 0.25) is 0 Å². The zero-order valence-electron chi connectivity index (χ0n) is 10.4. The topological polar surface area (TPSA) is 84.3 Å². The van der Waals surface area contributed by atoms with E-state index in [2.05, 4.69) is 10.6 Å². The molecular formula is C11H17N3O3S. The number of rotatable bonds is 7. The number of hydrogen-bond donors (Lipinski definition) is 2. The van der Waals surface area contributed by atoms with E-state index < -0.39 is 4.92 Å². The fourth-order valence-corrected chi connectivity index (χ4v) is 2.04. The lowest BCUT2D eigenvalue weighted by Crippen LogP contribution is -2.33. The van der Waals surface area contributed by atoms with Gasteiger partial charge in [-0.2, -0.15) is 0 Å². The van der Waals surface area contributed by atoms with Crippen LogP contribution in [0, 0.1) is 16.0 Å². The normalized spacial score (nSPS) is 10.6. The first kappa shape index (κ1) is 14.6. The van der Waals surface area contributed by atoms with Crippen molar-refractivity contribution < 1.29 is 9.72 Å². The highest BCUT2D eigenvalue weighted by Crippen LogP contribution is 2.23. The standard InChI is InChI=1S/C11H17N3O3S/c1-8(2)11(15)13-6-5-12-7-9-3-4-10(18-9)14(16)17/h3-4,8,12H,5-7H2,1-2H3,(H,13,15). The smallest absolute Gasteiger partial charge is 0.324 e. The average Bonchev–Trinajstić information content (AvgIpc) is 2.77. The van der Waals surface area contributed by atoms with Gasteiger partial charge in [-0.3, -0.25) is 14.9 Å². The molecule has 0 atom stereocenters. The first-order valence-corrected chi connectivity index (χ1v) is 6.54. The van der Waals surface area contributed by atoms with Gasteiger partial charge in [0.05, 0.1) is 4.92 Å². The molecule has 1 amide bonds. The molecule has 0 unspecified atom stereocenters. The molecule has 0 saturated carbocycles. The van der Waals surface area contributed by atoms with E-state index in [1.54, 1.807) is 6.07 Å². The number of thiophene rings is 1. The van der Waals surface area contributed by atoms with E-state index in [1.165, 1.54) is 6.07 Å². The van der Waals surface area contributed by atoms with Gasteiger partial charge in [0.15, 0.2) is 0 Å². The van der Waals surface area contributed by atoms with Gasteiger partial charge in [0.1, 0.15) is 0 Å². The van der Waals surface area contributed by atoms with Crippen molar-refractivity contribution in [1.82, 2.24) is 10.6 Å². The van der Waals surface area contributed by atoms with Crippen LogP contribution in [0.5, 0.6) is 0 Å². The second-order valence-electron chi connectivity index (χ2n) is 4.12. The summed E-state index contributed by atoms with van der Waals surface area (Å²) >= 11 is 1.16. The third kappa shape index (κ3) is 4.80. The van der Waals surface area contributed by atoms with Crippen LogP contribution < -0.4 is 10.6 Å². The summed E-state index contributed by atoms with van der Waals surface area (Å²) in [5.74, 6) is 0.0218.